The lowest BCUT2D eigenvalue weighted by molar-refractivity contribution is -0.856. The minimum atomic E-state index is -3.78. The van der Waals surface area contributed by atoms with Crippen LogP contribution in [0.5, 0.6) is 0 Å². The summed E-state index contributed by atoms with van der Waals surface area (Å²) in [6.45, 7) is 1.73. The van der Waals surface area contributed by atoms with Gasteiger partial charge in [-0.2, -0.15) is 8.42 Å². The van der Waals surface area contributed by atoms with Gasteiger partial charge >= 0.3 is 10.1 Å². The highest BCUT2D eigenvalue weighted by Crippen LogP contribution is 2.13. The summed E-state index contributed by atoms with van der Waals surface area (Å²) in [5, 5.41) is 0. The van der Waals surface area contributed by atoms with Gasteiger partial charge in [-0.3, -0.25) is 0 Å². The van der Waals surface area contributed by atoms with Gasteiger partial charge in [-0.1, -0.05) is 24.3 Å². The molecule has 1 heterocycles. The Morgan fingerprint density at radius 2 is 1.65 bits per heavy atom. The van der Waals surface area contributed by atoms with Gasteiger partial charge in [0.15, 0.2) is 0 Å². The zero-order chi connectivity index (χ0) is 12.3. The minimum Gasteiger partial charge on any atom is -0.176 e. The fourth-order valence-electron chi connectivity index (χ4n) is 1.42. The van der Waals surface area contributed by atoms with E-state index in [-0.39, 0.29) is 4.90 Å². The van der Waals surface area contributed by atoms with E-state index in [9.17, 15) is 8.42 Å². The van der Waals surface area contributed by atoms with E-state index in [2.05, 4.69) is 0 Å². The van der Waals surface area contributed by atoms with Crippen molar-refractivity contribution < 1.29 is 17.4 Å². The summed E-state index contributed by atoms with van der Waals surface area (Å²) in [4.78, 5) is 0.177. The van der Waals surface area contributed by atoms with Gasteiger partial charge in [0, 0.05) is 16.9 Å². The molecule has 0 spiro atoms. The van der Waals surface area contributed by atoms with Crippen LogP contribution in [0.15, 0.2) is 59.8 Å². The second-order valence-corrected chi connectivity index (χ2v) is 5.03. The first-order valence-corrected chi connectivity index (χ1v) is 6.47. The third-order valence-corrected chi connectivity index (χ3v) is 3.60. The van der Waals surface area contributed by atoms with Gasteiger partial charge in [0.25, 0.3) is 0 Å². The number of hydrogen-bond donors (Lipinski definition) is 0. The van der Waals surface area contributed by atoms with E-state index >= 15 is 0 Å². The molecule has 0 saturated carbocycles. The molecule has 0 amide bonds. The van der Waals surface area contributed by atoms with Crippen molar-refractivity contribution in [3.8, 4) is 0 Å². The van der Waals surface area contributed by atoms with Gasteiger partial charge in [-0.15, -0.1) is 4.28 Å². The fraction of sp³-hybridized carbons (Fsp3) is 0.0833. The molecular weight excluding hydrogens is 238 g/mol. The summed E-state index contributed by atoms with van der Waals surface area (Å²) in [5.74, 6) is 0. The molecule has 0 radical (unpaired) electrons. The standard InChI is InChI=1S/C12H12NO3S/c1-11-7-3-4-8-12(11)17(14,15)16-13-9-5-2-6-10-13/h2-10H,1H3/q+1. The number of aryl methyl sites for hydroxylation is 1. The van der Waals surface area contributed by atoms with E-state index in [4.69, 9.17) is 4.28 Å². The summed E-state index contributed by atoms with van der Waals surface area (Å²) in [6.07, 6.45) is 3.05. The van der Waals surface area contributed by atoms with E-state index in [1.54, 1.807) is 43.3 Å². The Morgan fingerprint density at radius 1 is 1.00 bits per heavy atom. The summed E-state index contributed by atoms with van der Waals surface area (Å²) in [7, 11) is -3.78. The maximum Gasteiger partial charge on any atom is 0.396 e. The molecule has 2 rings (SSSR count). The summed E-state index contributed by atoms with van der Waals surface area (Å²) in [5.41, 5.74) is 0.657. The number of rotatable bonds is 3. The molecule has 5 heteroatoms. The summed E-state index contributed by atoms with van der Waals surface area (Å²) < 4.78 is 30.1. The molecule has 0 bridgehead atoms. The van der Waals surface area contributed by atoms with Crippen molar-refractivity contribution in [2.24, 2.45) is 0 Å². The highest BCUT2D eigenvalue weighted by molar-refractivity contribution is 7.86. The van der Waals surface area contributed by atoms with E-state index < -0.39 is 10.1 Å². The highest BCUT2D eigenvalue weighted by Gasteiger charge is 2.23. The monoisotopic (exact) mass is 250 g/mol. The Morgan fingerprint density at radius 3 is 2.29 bits per heavy atom. The molecule has 1 aromatic heterocycles. The number of benzene rings is 1. The maximum absolute atomic E-state index is 12.0. The van der Waals surface area contributed by atoms with Crippen LogP contribution in [0.2, 0.25) is 0 Å². The molecule has 0 N–H and O–H groups in total. The maximum atomic E-state index is 12.0. The molecule has 0 aliphatic rings. The molecule has 0 fully saturated rings. The number of pyridine rings is 1. The number of hydrogen-bond acceptors (Lipinski definition) is 3. The molecule has 0 saturated heterocycles. The van der Waals surface area contributed by atoms with Crippen molar-refractivity contribution in [3.63, 3.8) is 0 Å². The average Bonchev–Trinajstić information content (AvgIpc) is 2.30. The first-order valence-electron chi connectivity index (χ1n) is 5.06. The number of aromatic nitrogens is 1. The Kier molecular flexibility index (Phi) is 3.10. The molecule has 17 heavy (non-hydrogen) atoms. The molecule has 1 aromatic carbocycles. The average molecular weight is 250 g/mol. The van der Waals surface area contributed by atoms with Crippen LogP contribution in [-0.4, -0.2) is 8.42 Å². The van der Waals surface area contributed by atoms with Crippen molar-refractivity contribution in [1.82, 2.24) is 0 Å². The third kappa shape index (κ3) is 2.62. The van der Waals surface area contributed by atoms with Crippen LogP contribution in [0, 0.1) is 6.92 Å². The first kappa shape index (κ1) is 11.6. The first-order chi connectivity index (χ1) is 8.09. The highest BCUT2D eigenvalue weighted by atomic mass is 32.2. The summed E-state index contributed by atoms with van der Waals surface area (Å²) in [6, 6.07) is 11.9. The van der Waals surface area contributed by atoms with Gasteiger partial charge in [0.1, 0.15) is 4.90 Å². The molecule has 0 unspecified atom stereocenters. The largest absolute Gasteiger partial charge is 0.396 e. The SMILES string of the molecule is Cc1ccccc1S(=O)(=O)O[n+]1ccccc1. The zero-order valence-corrected chi connectivity index (χ0v) is 10.1. The van der Waals surface area contributed by atoms with Crippen LogP contribution in [0.1, 0.15) is 5.56 Å². The predicted molar refractivity (Wildman–Crippen MR) is 61.6 cm³/mol. The van der Waals surface area contributed by atoms with Crippen LogP contribution >= 0.6 is 0 Å². The molecule has 0 atom stereocenters. The lowest BCUT2D eigenvalue weighted by Crippen LogP contribution is -2.44. The lowest BCUT2D eigenvalue weighted by atomic mass is 10.2. The van der Waals surface area contributed by atoms with E-state index in [1.165, 1.54) is 18.5 Å². The van der Waals surface area contributed by atoms with Gasteiger partial charge in [0.2, 0.25) is 12.4 Å². The van der Waals surface area contributed by atoms with Gasteiger partial charge in [-0.05, 0) is 18.6 Å². The van der Waals surface area contributed by atoms with Crippen molar-refractivity contribution >= 4 is 10.1 Å². The van der Waals surface area contributed by atoms with Crippen LogP contribution in [-0.2, 0) is 10.1 Å². The van der Waals surface area contributed by atoms with Crippen molar-refractivity contribution in [2.45, 2.75) is 11.8 Å². The Labute approximate surface area is 100 Å². The normalized spacial score (nSPS) is 11.1. The molecule has 2 aromatic rings. The number of nitrogens with zero attached hydrogens (tertiary/aromatic N) is 1. The quantitative estimate of drug-likeness (QED) is 0.766. The second kappa shape index (κ2) is 4.55. The van der Waals surface area contributed by atoms with Crippen LogP contribution < -0.4 is 9.01 Å². The molecule has 0 aliphatic heterocycles. The summed E-state index contributed by atoms with van der Waals surface area (Å²) >= 11 is 0. The smallest absolute Gasteiger partial charge is 0.176 e. The van der Waals surface area contributed by atoms with Crippen LogP contribution in [0.3, 0.4) is 0 Å². The Hall–Kier alpha value is -1.88. The molecule has 4 nitrogen and oxygen atoms in total. The van der Waals surface area contributed by atoms with Crippen molar-refractivity contribution in [1.29, 1.82) is 0 Å². The lowest BCUT2D eigenvalue weighted by Gasteiger charge is -2.02. The van der Waals surface area contributed by atoms with Gasteiger partial charge < -0.3 is 0 Å². The van der Waals surface area contributed by atoms with Crippen molar-refractivity contribution in [3.05, 3.63) is 60.4 Å². The van der Waals surface area contributed by atoms with Crippen LogP contribution in [0.25, 0.3) is 0 Å². The Balaban J connectivity index is 2.36. The van der Waals surface area contributed by atoms with Gasteiger partial charge in [0.05, 0.1) is 0 Å². The second-order valence-electron chi connectivity index (χ2n) is 3.53. The predicted octanol–water partition coefficient (Wildman–Crippen LogP) is 1.10. The topological polar surface area (TPSA) is 47.3 Å². The Bertz CT molecular complexity index is 609. The fourth-order valence-corrected chi connectivity index (χ4v) is 2.54. The zero-order valence-electron chi connectivity index (χ0n) is 9.28. The van der Waals surface area contributed by atoms with Crippen molar-refractivity contribution in [2.75, 3.05) is 0 Å². The molecule has 0 aliphatic carbocycles. The van der Waals surface area contributed by atoms with E-state index in [1.807, 2.05) is 0 Å². The van der Waals surface area contributed by atoms with E-state index in [0.717, 1.165) is 4.73 Å². The third-order valence-electron chi connectivity index (χ3n) is 2.24. The van der Waals surface area contributed by atoms with E-state index in [0.29, 0.717) is 5.56 Å². The molecular formula is C12H12NO3S+. The molecule has 88 valence electrons. The minimum absolute atomic E-state index is 0.177. The van der Waals surface area contributed by atoms with Gasteiger partial charge in [-0.25, -0.2) is 0 Å². The van der Waals surface area contributed by atoms with Crippen LogP contribution in [0.4, 0.5) is 0 Å².